The molecule has 4 rings (SSSR count). The molecule has 0 aliphatic heterocycles. The number of thiophene rings is 1. The average molecular weight is 275 g/mol. The fourth-order valence-electron chi connectivity index (χ4n) is 2.57. The fourth-order valence-corrected chi connectivity index (χ4v) is 3.78. The van der Waals surface area contributed by atoms with Crippen LogP contribution < -0.4 is 0 Å². The summed E-state index contributed by atoms with van der Waals surface area (Å²) >= 11 is 1.82. The van der Waals surface area contributed by atoms with Gasteiger partial charge < -0.3 is 0 Å². The van der Waals surface area contributed by atoms with Crippen molar-refractivity contribution in [2.75, 3.05) is 0 Å². The number of benzene rings is 2. The van der Waals surface area contributed by atoms with Crippen LogP contribution in [0, 0.1) is 6.92 Å². The third kappa shape index (κ3) is 1.73. The Bertz CT molecular complexity index is 904. The monoisotopic (exact) mass is 275 g/mol. The summed E-state index contributed by atoms with van der Waals surface area (Å²) in [7, 11) is 0. The highest BCUT2D eigenvalue weighted by Crippen LogP contribution is 2.38. The van der Waals surface area contributed by atoms with Gasteiger partial charge in [0.25, 0.3) is 0 Å². The first kappa shape index (κ1) is 11.6. The number of fused-ring (bicyclic) bond motifs is 3. The van der Waals surface area contributed by atoms with Crippen molar-refractivity contribution in [1.82, 2.24) is 4.98 Å². The zero-order chi connectivity index (χ0) is 13.5. The molecule has 1 nitrogen and oxygen atoms in total. The van der Waals surface area contributed by atoms with Crippen molar-refractivity contribution < 1.29 is 0 Å². The van der Waals surface area contributed by atoms with E-state index >= 15 is 0 Å². The Morgan fingerprint density at radius 1 is 0.850 bits per heavy atom. The van der Waals surface area contributed by atoms with Crippen LogP contribution >= 0.6 is 11.3 Å². The number of hydrogen-bond acceptors (Lipinski definition) is 2. The summed E-state index contributed by atoms with van der Waals surface area (Å²) in [5.41, 5.74) is 3.55. The molecule has 0 radical (unpaired) electrons. The first-order chi connectivity index (χ1) is 9.83. The number of aromatic nitrogens is 1. The van der Waals surface area contributed by atoms with E-state index < -0.39 is 0 Å². The summed E-state index contributed by atoms with van der Waals surface area (Å²) < 4.78 is 2.60. The smallest absolute Gasteiger partial charge is 0.0880 e. The van der Waals surface area contributed by atoms with Crippen LogP contribution in [-0.2, 0) is 0 Å². The van der Waals surface area contributed by atoms with Gasteiger partial charge in [0.2, 0.25) is 0 Å². The number of pyridine rings is 1. The number of rotatable bonds is 1. The molecule has 0 aliphatic carbocycles. The molecule has 0 bridgehead atoms. The van der Waals surface area contributed by atoms with E-state index in [1.54, 1.807) is 0 Å². The predicted octanol–water partition coefficient (Wildman–Crippen LogP) is 5.42. The Balaban J connectivity index is 2.07. The highest BCUT2D eigenvalue weighted by Gasteiger charge is 2.10. The number of aryl methyl sites for hydroxylation is 1. The van der Waals surface area contributed by atoms with Gasteiger partial charge in [0.05, 0.1) is 10.4 Å². The largest absolute Gasteiger partial charge is 0.255 e. The average Bonchev–Trinajstić information content (AvgIpc) is 2.87. The molecule has 0 unspecified atom stereocenters. The summed E-state index contributed by atoms with van der Waals surface area (Å²) in [6.45, 7) is 2.11. The molecule has 0 amide bonds. The Morgan fingerprint density at radius 2 is 1.65 bits per heavy atom. The lowest BCUT2D eigenvalue weighted by Crippen LogP contribution is -1.83. The molecule has 2 aromatic carbocycles. The van der Waals surface area contributed by atoms with E-state index in [-0.39, 0.29) is 0 Å². The highest BCUT2D eigenvalue weighted by molar-refractivity contribution is 7.26. The number of nitrogens with zero attached hydrogens (tertiary/aromatic N) is 1. The van der Waals surface area contributed by atoms with Crippen LogP contribution in [0.1, 0.15) is 5.56 Å². The van der Waals surface area contributed by atoms with Crippen molar-refractivity contribution in [3.8, 4) is 11.3 Å². The Hall–Kier alpha value is -2.19. The topological polar surface area (TPSA) is 12.9 Å². The molecule has 96 valence electrons. The second-order valence-corrected chi connectivity index (χ2v) is 6.05. The van der Waals surface area contributed by atoms with E-state index in [0.29, 0.717) is 0 Å². The second kappa shape index (κ2) is 4.43. The lowest BCUT2D eigenvalue weighted by atomic mass is 10.1. The molecule has 2 heterocycles. The predicted molar refractivity (Wildman–Crippen MR) is 87.3 cm³/mol. The van der Waals surface area contributed by atoms with Crippen molar-refractivity contribution in [3.63, 3.8) is 0 Å². The van der Waals surface area contributed by atoms with E-state index in [2.05, 4.69) is 66.5 Å². The zero-order valence-corrected chi connectivity index (χ0v) is 11.9. The molecule has 2 aromatic heterocycles. The molecular weight excluding hydrogens is 262 g/mol. The standard InChI is InChI=1S/C18H13NS/c1-12-6-8-13(9-7-12)17-18-15(10-11-19-17)14-4-2-3-5-16(14)20-18/h2-11H,1H3. The van der Waals surface area contributed by atoms with Crippen LogP contribution in [0.2, 0.25) is 0 Å². The zero-order valence-electron chi connectivity index (χ0n) is 11.1. The van der Waals surface area contributed by atoms with Gasteiger partial charge in [0, 0.05) is 27.2 Å². The van der Waals surface area contributed by atoms with Crippen LogP contribution in [0.15, 0.2) is 60.8 Å². The van der Waals surface area contributed by atoms with Gasteiger partial charge in [0.15, 0.2) is 0 Å². The van der Waals surface area contributed by atoms with Gasteiger partial charge in [0.1, 0.15) is 0 Å². The lowest BCUT2D eigenvalue weighted by molar-refractivity contribution is 1.36. The number of hydrogen-bond donors (Lipinski definition) is 0. The van der Waals surface area contributed by atoms with Gasteiger partial charge in [-0.25, -0.2) is 0 Å². The second-order valence-electron chi connectivity index (χ2n) is 5.00. The van der Waals surface area contributed by atoms with Crippen LogP contribution in [-0.4, -0.2) is 4.98 Å². The van der Waals surface area contributed by atoms with Crippen molar-refractivity contribution >= 4 is 31.5 Å². The van der Waals surface area contributed by atoms with Crippen LogP contribution in [0.4, 0.5) is 0 Å². The minimum absolute atomic E-state index is 1.09. The van der Waals surface area contributed by atoms with Crippen molar-refractivity contribution in [1.29, 1.82) is 0 Å². The van der Waals surface area contributed by atoms with Crippen molar-refractivity contribution in [2.45, 2.75) is 6.92 Å². The molecule has 0 saturated heterocycles. The fraction of sp³-hybridized carbons (Fsp3) is 0.0556. The van der Waals surface area contributed by atoms with Crippen molar-refractivity contribution in [2.24, 2.45) is 0 Å². The van der Waals surface area contributed by atoms with Crippen LogP contribution in [0.25, 0.3) is 31.4 Å². The first-order valence-electron chi connectivity index (χ1n) is 6.66. The summed E-state index contributed by atoms with van der Waals surface area (Å²) in [4.78, 5) is 4.61. The van der Waals surface area contributed by atoms with E-state index in [1.165, 1.54) is 31.3 Å². The molecule has 0 N–H and O–H groups in total. The molecule has 0 atom stereocenters. The van der Waals surface area contributed by atoms with Gasteiger partial charge in [-0.15, -0.1) is 11.3 Å². The quantitative estimate of drug-likeness (QED) is 0.451. The highest BCUT2D eigenvalue weighted by atomic mass is 32.1. The Kier molecular flexibility index (Phi) is 2.57. The summed E-state index contributed by atoms with van der Waals surface area (Å²) in [5.74, 6) is 0. The minimum Gasteiger partial charge on any atom is -0.255 e. The molecule has 0 aliphatic rings. The summed E-state index contributed by atoms with van der Waals surface area (Å²) in [6, 6.07) is 19.3. The molecule has 0 spiro atoms. The van der Waals surface area contributed by atoms with E-state index in [0.717, 1.165) is 5.69 Å². The maximum Gasteiger partial charge on any atom is 0.0880 e. The van der Waals surface area contributed by atoms with Gasteiger partial charge in [-0.3, -0.25) is 4.98 Å². The molecule has 2 heteroatoms. The van der Waals surface area contributed by atoms with Crippen molar-refractivity contribution in [3.05, 3.63) is 66.4 Å². The minimum atomic E-state index is 1.09. The molecule has 0 saturated carbocycles. The molecular formula is C18H13NS. The SMILES string of the molecule is Cc1ccc(-c2nccc3c2sc2ccccc23)cc1. The van der Waals surface area contributed by atoms with Gasteiger partial charge in [-0.05, 0) is 19.1 Å². The molecule has 4 aromatic rings. The van der Waals surface area contributed by atoms with Gasteiger partial charge >= 0.3 is 0 Å². The summed E-state index contributed by atoms with van der Waals surface area (Å²) in [5, 5.41) is 2.62. The van der Waals surface area contributed by atoms with Crippen LogP contribution in [0.3, 0.4) is 0 Å². The molecule has 20 heavy (non-hydrogen) atoms. The van der Waals surface area contributed by atoms with E-state index in [9.17, 15) is 0 Å². The molecule has 0 fully saturated rings. The van der Waals surface area contributed by atoms with E-state index in [4.69, 9.17) is 0 Å². The first-order valence-corrected chi connectivity index (χ1v) is 7.48. The van der Waals surface area contributed by atoms with Crippen LogP contribution in [0.5, 0.6) is 0 Å². The maximum absolute atomic E-state index is 4.61. The Morgan fingerprint density at radius 3 is 2.50 bits per heavy atom. The lowest BCUT2D eigenvalue weighted by Gasteiger charge is -2.02. The third-order valence-electron chi connectivity index (χ3n) is 3.62. The third-order valence-corrected chi connectivity index (χ3v) is 4.81. The Labute approximate surface area is 121 Å². The summed E-state index contributed by atoms with van der Waals surface area (Å²) in [6.07, 6.45) is 1.91. The maximum atomic E-state index is 4.61. The van der Waals surface area contributed by atoms with Gasteiger partial charge in [-0.2, -0.15) is 0 Å². The van der Waals surface area contributed by atoms with Gasteiger partial charge in [-0.1, -0.05) is 48.0 Å². The van der Waals surface area contributed by atoms with E-state index in [1.807, 2.05) is 17.5 Å². The normalized spacial score (nSPS) is 11.2.